The molecule has 1 aliphatic rings. The van der Waals surface area contributed by atoms with Crippen LogP contribution in [0.25, 0.3) is 0 Å². The summed E-state index contributed by atoms with van der Waals surface area (Å²) in [4.78, 5) is 5.01. The summed E-state index contributed by atoms with van der Waals surface area (Å²) in [5, 5.41) is 14.4. The van der Waals surface area contributed by atoms with Gasteiger partial charge in [0.25, 0.3) is 0 Å². The molecule has 0 aromatic heterocycles. The molecule has 0 spiro atoms. The first-order valence-corrected chi connectivity index (χ1v) is 11.4. The van der Waals surface area contributed by atoms with Crippen molar-refractivity contribution in [3.63, 3.8) is 0 Å². The van der Waals surface area contributed by atoms with Gasteiger partial charge >= 0.3 is 0 Å². The van der Waals surface area contributed by atoms with Crippen LogP contribution < -0.4 is 10.1 Å². The number of hydrogen-bond acceptors (Lipinski definition) is 4. The fourth-order valence-electron chi connectivity index (χ4n) is 3.66. The molecule has 2 atom stereocenters. The van der Waals surface area contributed by atoms with Crippen LogP contribution in [0.4, 0.5) is 0 Å². The molecule has 1 aliphatic heterocycles. The Balaban J connectivity index is 1.75. The minimum atomic E-state index is -0.221. The van der Waals surface area contributed by atoms with Gasteiger partial charge in [-0.3, -0.25) is 10.3 Å². The fraction of sp³-hybridized carbons (Fsp3) is 0.208. The maximum Gasteiger partial charge on any atom is 0.162 e. The van der Waals surface area contributed by atoms with E-state index in [0.717, 1.165) is 31.3 Å². The zero-order valence-corrected chi connectivity index (χ0v) is 19.7. The molecule has 0 fully saturated rings. The molecule has 0 saturated carbocycles. The smallest absolute Gasteiger partial charge is 0.162 e. The van der Waals surface area contributed by atoms with Gasteiger partial charge in [0.1, 0.15) is 6.17 Å². The highest BCUT2D eigenvalue weighted by Crippen LogP contribution is 2.39. The monoisotopic (exact) mass is 528 g/mol. The summed E-state index contributed by atoms with van der Waals surface area (Å²) < 4.78 is 7.64. The molecule has 3 aromatic carbocycles. The molecular weight excluding hydrogens is 508 g/mol. The van der Waals surface area contributed by atoms with E-state index in [1.807, 2.05) is 43.3 Å². The van der Waals surface area contributed by atoms with Gasteiger partial charge in [-0.05, 0) is 48.4 Å². The average molecular weight is 530 g/mol. The first-order valence-electron chi connectivity index (χ1n) is 9.84. The molecular formula is C24H22Br2N2O2. The number of para-hydroxylation sites is 1. The lowest BCUT2D eigenvalue weighted by Gasteiger charge is -2.31. The van der Waals surface area contributed by atoms with Crippen molar-refractivity contribution in [1.82, 2.24) is 5.32 Å². The highest BCUT2D eigenvalue weighted by molar-refractivity contribution is 9.10. The van der Waals surface area contributed by atoms with Gasteiger partial charge in [-0.2, -0.15) is 0 Å². The number of ether oxygens (including phenoxy) is 1. The van der Waals surface area contributed by atoms with E-state index >= 15 is 0 Å². The minimum Gasteiger partial charge on any atom is -0.504 e. The number of benzene rings is 3. The van der Waals surface area contributed by atoms with Crippen molar-refractivity contribution in [3.05, 3.63) is 92.4 Å². The zero-order valence-electron chi connectivity index (χ0n) is 16.5. The highest BCUT2D eigenvalue weighted by Gasteiger charge is 2.28. The second kappa shape index (κ2) is 9.33. The van der Waals surface area contributed by atoms with Crippen LogP contribution in [0, 0.1) is 0 Å². The number of aliphatic imine (C=N–C) groups is 1. The summed E-state index contributed by atoms with van der Waals surface area (Å²) in [6.45, 7) is 2.41. The number of aromatic hydroxyl groups is 1. The lowest BCUT2D eigenvalue weighted by molar-refractivity contribution is 0.313. The molecule has 2 unspecified atom stereocenters. The van der Waals surface area contributed by atoms with Gasteiger partial charge in [0.2, 0.25) is 0 Å². The summed E-state index contributed by atoms with van der Waals surface area (Å²) in [5.74, 6) is 0.686. The molecule has 3 aromatic rings. The number of nitrogens with zero attached hydrogens (tertiary/aromatic N) is 1. The van der Waals surface area contributed by atoms with Crippen molar-refractivity contribution in [1.29, 1.82) is 0 Å². The van der Waals surface area contributed by atoms with E-state index in [0.29, 0.717) is 18.8 Å². The van der Waals surface area contributed by atoms with Crippen molar-refractivity contribution in [3.8, 4) is 11.5 Å². The molecule has 0 radical (unpaired) electrons. The van der Waals surface area contributed by atoms with Gasteiger partial charge in [0.05, 0.1) is 6.61 Å². The molecule has 30 heavy (non-hydrogen) atoms. The van der Waals surface area contributed by atoms with Gasteiger partial charge in [-0.1, -0.05) is 68.3 Å². The predicted octanol–water partition coefficient (Wildman–Crippen LogP) is 6.54. The molecule has 0 amide bonds. The molecule has 0 saturated heterocycles. The van der Waals surface area contributed by atoms with Crippen molar-refractivity contribution < 1.29 is 9.84 Å². The first-order chi connectivity index (χ1) is 14.5. The second-order valence-corrected chi connectivity index (χ2v) is 8.92. The molecule has 4 nitrogen and oxygen atoms in total. The van der Waals surface area contributed by atoms with E-state index in [2.05, 4.69) is 61.4 Å². The summed E-state index contributed by atoms with van der Waals surface area (Å²) in [6, 6.07) is 21.9. The zero-order chi connectivity index (χ0) is 21.1. The van der Waals surface area contributed by atoms with Crippen molar-refractivity contribution in [2.75, 3.05) is 6.61 Å². The third kappa shape index (κ3) is 4.61. The van der Waals surface area contributed by atoms with Crippen LogP contribution in [0.15, 0.2) is 80.7 Å². The first kappa shape index (κ1) is 21.1. The molecule has 0 aliphatic carbocycles. The standard InChI is InChI=1S/C24H22Br2N2O2/c1-2-30-22-8-4-7-19(23(22)29)21-14-20(16-5-3-6-18(26)13-16)27-24(28-21)15-9-11-17(25)12-10-15/h3-13,21,24,28-29H,2,14H2,1H3. The van der Waals surface area contributed by atoms with Gasteiger partial charge in [0.15, 0.2) is 11.5 Å². The Labute approximate surface area is 193 Å². The Hall–Kier alpha value is -2.15. The number of hydrogen-bond donors (Lipinski definition) is 2. The molecule has 154 valence electrons. The molecule has 6 heteroatoms. The molecule has 1 heterocycles. The van der Waals surface area contributed by atoms with E-state index < -0.39 is 0 Å². The minimum absolute atomic E-state index is 0.106. The normalized spacial score (nSPS) is 18.7. The lowest BCUT2D eigenvalue weighted by Crippen LogP contribution is -2.33. The van der Waals surface area contributed by atoms with Gasteiger partial charge in [-0.15, -0.1) is 0 Å². The predicted molar refractivity (Wildman–Crippen MR) is 127 cm³/mol. The Morgan fingerprint density at radius 2 is 1.80 bits per heavy atom. The summed E-state index contributed by atoms with van der Waals surface area (Å²) in [7, 11) is 0. The third-order valence-corrected chi connectivity index (χ3v) is 6.11. The van der Waals surface area contributed by atoms with Gasteiger partial charge in [-0.25, -0.2) is 0 Å². The van der Waals surface area contributed by atoms with Crippen LogP contribution in [0.5, 0.6) is 11.5 Å². The van der Waals surface area contributed by atoms with Crippen LogP contribution in [-0.2, 0) is 0 Å². The van der Waals surface area contributed by atoms with Gasteiger partial charge in [0, 0.05) is 32.7 Å². The maximum absolute atomic E-state index is 10.8. The number of phenols is 1. The summed E-state index contributed by atoms with van der Waals surface area (Å²) in [5.41, 5.74) is 3.94. The fourth-order valence-corrected chi connectivity index (χ4v) is 4.32. The van der Waals surface area contributed by atoms with Crippen LogP contribution in [0.2, 0.25) is 0 Å². The van der Waals surface area contributed by atoms with E-state index in [4.69, 9.17) is 9.73 Å². The summed E-state index contributed by atoms with van der Waals surface area (Å²) in [6.07, 6.45) is 0.438. The second-order valence-electron chi connectivity index (χ2n) is 7.09. The van der Waals surface area contributed by atoms with E-state index in [1.54, 1.807) is 6.07 Å². The summed E-state index contributed by atoms with van der Waals surface area (Å²) >= 11 is 7.06. The van der Waals surface area contributed by atoms with E-state index in [-0.39, 0.29) is 18.0 Å². The van der Waals surface area contributed by atoms with E-state index in [1.165, 1.54) is 0 Å². The van der Waals surface area contributed by atoms with Crippen LogP contribution >= 0.6 is 31.9 Å². The van der Waals surface area contributed by atoms with Crippen molar-refractivity contribution >= 4 is 37.6 Å². The van der Waals surface area contributed by atoms with E-state index in [9.17, 15) is 5.11 Å². The molecule has 2 N–H and O–H groups in total. The van der Waals surface area contributed by atoms with Crippen LogP contribution in [-0.4, -0.2) is 17.4 Å². The maximum atomic E-state index is 10.8. The quantitative estimate of drug-likeness (QED) is 0.394. The SMILES string of the molecule is CCOc1cccc(C2CC(c3cccc(Br)c3)=NC(c3ccc(Br)cc3)N2)c1O. The molecule has 4 rings (SSSR count). The Kier molecular flexibility index (Phi) is 6.56. The van der Waals surface area contributed by atoms with Crippen molar-refractivity contribution in [2.24, 2.45) is 4.99 Å². The van der Waals surface area contributed by atoms with Crippen LogP contribution in [0.3, 0.4) is 0 Å². The molecule has 0 bridgehead atoms. The number of halogens is 2. The average Bonchev–Trinajstić information content (AvgIpc) is 2.75. The Morgan fingerprint density at radius 1 is 1.03 bits per heavy atom. The highest BCUT2D eigenvalue weighted by atomic mass is 79.9. The topological polar surface area (TPSA) is 53.8 Å². The van der Waals surface area contributed by atoms with Crippen LogP contribution in [0.1, 0.15) is 42.2 Å². The lowest BCUT2D eigenvalue weighted by atomic mass is 9.93. The number of phenolic OH excluding ortho intramolecular Hbond substituents is 1. The Bertz CT molecular complexity index is 1070. The number of nitrogens with one attached hydrogen (secondary N) is 1. The largest absolute Gasteiger partial charge is 0.504 e. The Morgan fingerprint density at radius 3 is 2.53 bits per heavy atom. The van der Waals surface area contributed by atoms with Crippen molar-refractivity contribution in [2.45, 2.75) is 25.6 Å². The number of rotatable bonds is 5. The van der Waals surface area contributed by atoms with Gasteiger partial charge < -0.3 is 9.84 Å². The third-order valence-electron chi connectivity index (χ3n) is 5.09.